The molecule has 0 aromatic heterocycles. The van der Waals surface area contributed by atoms with Crippen LogP contribution >= 0.6 is 11.6 Å². The van der Waals surface area contributed by atoms with Crippen LogP contribution in [-0.2, 0) is 22.8 Å². The van der Waals surface area contributed by atoms with E-state index in [0.29, 0.717) is 40.5 Å². The van der Waals surface area contributed by atoms with Crippen LogP contribution < -0.4 is 9.47 Å². The lowest BCUT2D eigenvalue weighted by Gasteiger charge is -2.18. The number of halogens is 4. The lowest BCUT2D eigenvalue weighted by molar-refractivity contribution is -0.137. The summed E-state index contributed by atoms with van der Waals surface area (Å²) in [7, 11) is 0. The first-order valence-corrected chi connectivity index (χ1v) is 10.5. The number of alkyl halides is 3. The van der Waals surface area contributed by atoms with Crippen LogP contribution in [0.4, 0.5) is 13.2 Å². The predicted octanol–water partition coefficient (Wildman–Crippen LogP) is 6.60. The third kappa shape index (κ3) is 3.73. The van der Waals surface area contributed by atoms with Crippen molar-refractivity contribution >= 4 is 17.4 Å². The molecule has 0 amide bonds. The predicted molar refractivity (Wildman–Crippen MR) is 114 cm³/mol. The number of carbonyl (C=O) groups is 1. The van der Waals surface area contributed by atoms with Crippen LogP contribution in [0.3, 0.4) is 0 Å². The van der Waals surface area contributed by atoms with Crippen molar-refractivity contribution in [3.63, 3.8) is 0 Å². The molecule has 1 aliphatic heterocycles. The van der Waals surface area contributed by atoms with E-state index in [2.05, 4.69) is 0 Å². The summed E-state index contributed by atoms with van der Waals surface area (Å²) in [6.45, 7) is 0.138. The average Bonchev–Trinajstić information content (AvgIpc) is 3.44. The van der Waals surface area contributed by atoms with Crippen molar-refractivity contribution in [2.45, 2.75) is 30.9 Å². The smallest absolute Gasteiger partial charge is 0.417 e. The van der Waals surface area contributed by atoms with E-state index in [1.54, 1.807) is 36.4 Å². The summed E-state index contributed by atoms with van der Waals surface area (Å²) in [5.41, 5.74) is 0.108. The van der Waals surface area contributed by atoms with Crippen LogP contribution in [0, 0.1) is 0 Å². The number of hydrogen-bond donors (Lipinski definition) is 0. The van der Waals surface area contributed by atoms with Gasteiger partial charge in [-0.05, 0) is 65.4 Å². The third-order valence-electron chi connectivity index (χ3n) is 6.10. The number of ether oxygens (including phenoxy) is 2. The van der Waals surface area contributed by atoms with Gasteiger partial charge < -0.3 is 9.47 Å². The van der Waals surface area contributed by atoms with E-state index in [0.717, 1.165) is 11.6 Å². The molecule has 164 valence electrons. The fraction of sp³-hybridized carbons (Fsp3) is 0.240. The molecule has 1 aliphatic carbocycles. The molecule has 1 fully saturated rings. The molecule has 0 atom stereocenters. The molecule has 3 nitrogen and oxygen atoms in total. The zero-order valence-corrected chi connectivity index (χ0v) is 17.6. The second kappa shape index (κ2) is 7.55. The number of ketones is 1. The van der Waals surface area contributed by atoms with Gasteiger partial charge in [-0.25, -0.2) is 0 Å². The number of benzene rings is 3. The molecule has 0 N–H and O–H groups in total. The summed E-state index contributed by atoms with van der Waals surface area (Å²) >= 11 is 5.97. The van der Waals surface area contributed by atoms with Gasteiger partial charge in [-0.3, -0.25) is 4.79 Å². The number of fused-ring (bicyclic) bond motifs is 1. The Labute approximate surface area is 187 Å². The van der Waals surface area contributed by atoms with Gasteiger partial charge in [-0.2, -0.15) is 13.2 Å². The monoisotopic (exact) mass is 458 g/mol. The minimum Gasteiger partial charge on any atom is -0.454 e. The van der Waals surface area contributed by atoms with Crippen molar-refractivity contribution in [3.8, 4) is 22.6 Å². The third-order valence-corrected chi connectivity index (χ3v) is 6.33. The zero-order valence-electron chi connectivity index (χ0n) is 16.8. The van der Waals surface area contributed by atoms with E-state index in [9.17, 15) is 18.0 Å². The first-order valence-electron chi connectivity index (χ1n) is 10.2. The minimum absolute atomic E-state index is 0.0353. The summed E-state index contributed by atoms with van der Waals surface area (Å²) in [5, 5.41) is 0.356. The minimum atomic E-state index is -4.56. The van der Waals surface area contributed by atoms with Crippen LogP contribution in [0.2, 0.25) is 5.02 Å². The lowest BCUT2D eigenvalue weighted by Crippen LogP contribution is -2.22. The second-order valence-corrected chi connectivity index (χ2v) is 8.57. The lowest BCUT2D eigenvalue weighted by atomic mass is 9.87. The molecular weight excluding hydrogens is 441 g/mol. The van der Waals surface area contributed by atoms with Gasteiger partial charge >= 0.3 is 6.18 Å². The molecule has 0 radical (unpaired) electrons. The molecule has 1 heterocycles. The highest BCUT2D eigenvalue weighted by atomic mass is 35.5. The molecule has 0 bridgehead atoms. The summed E-state index contributed by atoms with van der Waals surface area (Å²) in [4.78, 5) is 13.2. The Morgan fingerprint density at radius 2 is 1.75 bits per heavy atom. The first kappa shape index (κ1) is 20.9. The van der Waals surface area contributed by atoms with Crippen molar-refractivity contribution < 1.29 is 27.4 Å². The highest BCUT2D eigenvalue weighted by Crippen LogP contribution is 2.51. The highest BCUT2D eigenvalue weighted by molar-refractivity contribution is 6.30. The van der Waals surface area contributed by atoms with Crippen LogP contribution in [0.25, 0.3) is 11.1 Å². The maximum atomic E-state index is 13.8. The van der Waals surface area contributed by atoms with Crippen molar-refractivity contribution in [1.82, 2.24) is 0 Å². The van der Waals surface area contributed by atoms with Gasteiger partial charge in [0.25, 0.3) is 0 Å². The maximum absolute atomic E-state index is 13.8. The van der Waals surface area contributed by atoms with Crippen LogP contribution in [0.15, 0.2) is 60.7 Å². The van der Waals surface area contributed by atoms with Gasteiger partial charge in [-0.15, -0.1) is 0 Å². The SMILES string of the molecule is O=C(Cc1ccc(-c2cccc(Cl)c2)c(C(F)(F)F)c1)C1(c2ccc3c(c2)OCO3)CC1. The van der Waals surface area contributed by atoms with Crippen molar-refractivity contribution in [2.75, 3.05) is 6.79 Å². The molecule has 32 heavy (non-hydrogen) atoms. The molecule has 0 unspecified atom stereocenters. The summed E-state index contributed by atoms with van der Waals surface area (Å²) in [5.74, 6) is 1.12. The van der Waals surface area contributed by atoms with Gasteiger partial charge in [0.15, 0.2) is 11.5 Å². The van der Waals surface area contributed by atoms with E-state index in [1.165, 1.54) is 12.1 Å². The molecule has 3 aromatic rings. The number of Topliss-reactive ketones (excluding diaryl/α,β-unsaturated/α-hetero) is 1. The molecule has 7 heteroatoms. The van der Waals surface area contributed by atoms with E-state index in [-0.39, 0.29) is 24.6 Å². The summed E-state index contributed by atoms with van der Waals surface area (Å²) < 4.78 is 52.3. The van der Waals surface area contributed by atoms with Gasteiger partial charge in [0, 0.05) is 11.4 Å². The fourth-order valence-electron chi connectivity index (χ4n) is 4.25. The molecule has 2 aliphatic rings. The highest BCUT2D eigenvalue weighted by Gasteiger charge is 2.51. The molecular formula is C25H18ClF3O3. The molecule has 5 rings (SSSR count). The molecule has 3 aromatic carbocycles. The average molecular weight is 459 g/mol. The fourth-order valence-corrected chi connectivity index (χ4v) is 4.44. The standard InChI is InChI=1S/C25H18ClF3O3/c26-18-3-1-2-16(12-18)19-6-4-15(10-20(19)25(27,28)29)11-23(30)24(8-9-24)17-5-7-21-22(13-17)32-14-31-21/h1-7,10,12-13H,8-9,11,14H2. The molecule has 0 saturated heterocycles. The van der Waals surface area contributed by atoms with E-state index in [4.69, 9.17) is 21.1 Å². The van der Waals surface area contributed by atoms with Crippen LogP contribution in [0.1, 0.15) is 29.5 Å². The maximum Gasteiger partial charge on any atom is 0.417 e. The van der Waals surface area contributed by atoms with Gasteiger partial charge in [0.2, 0.25) is 6.79 Å². The zero-order chi connectivity index (χ0) is 22.5. The summed E-state index contributed by atoms with van der Waals surface area (Å²) in [6, 6.07) is 15.8. The van der Waals surface area contributed by atoms with E-state index in [1.807, 2.05) is 6.07 Å². The number of carbonyl (C=O) groups excluding carboxylic acids is 1. The van der Waals surface area contributed by atoms with Gasteiger partial charge in [-0.1, -0.05) is 41.9 Å². The van der Waals surface area contributed by atoms with Crippen molar-refractivity contribution in [1.29, 1.82) is 0 Å². The van der Waals surface area contributed by atoms with Crippen LogP contribution in [0.5, 0.6) is 11.5 Å². The first-order chi connectivity index (χ1) is 15.3. The Morgan fingerprint density at radius 3 is 2.47 bits per heavy atom. The quantitative estimate of drug-likeness (QED) is 0.432. The topological polar surface area (TPSA) is 35.5 Å². The Hall–Kier alpha value is -2.99. The Morgan fingerprint density at radius 1 is 0.969 bits per heavy atom. The van der Waals surface area contributed by atoms with E-state index >= 15 is 0 Å². The van der Waals surface area contributed by atoms with Crippen molar-refractivity contribution in [2.24, 2.45) is 0 Å². The Kier molecular flexibility index (Phi) is 4.93. The normalized spacial score (nSPS) is 16.1. The number of rotatable bonds is 5. The summed E-state index contributed by atoms with van der Waals surface area (Å²) in [6.07, 6.45) is -3.31. The largest absolute Gasteiger partial charge is 0.454 e. The van der Waals surface area contributed by atoms with Crippen LogP contribution in [-0.4, -0.2) is 12.6 Å². The number of hydrogen-bond acceptors (Lipinski definition) is 3. The second-order valence-electron chi connectivity index (χ2n) is 8.14. The van der Waals surface area contributed by atoms with Crippen molar-refractivity contribution in [3.05, 3.63) is 82.4 Å². The van der Waals surface area contributed by atoms with Gasteiger partial charge in [0.05, 0.1) is 11.0 Å². The Balaban J connectivity index is 1.45. The van der Waals surface area contributed by atoms with E-state index < -0.39 is 17.2 Å². The molecule has 0 spiro atoms. The van der Waals surface area contributed by atoms with Gasteiger partial charge in [0.1, 0.15) is 5.78 Å². The molecule has 1 saturated carbocycles. The Bertz CT molecular complexity index is 1220.